The molecule has 0 saturated heterocycles. The van der Waals surface area contributed by atoms with Gasteiger partial charge in [-0.3, -0.25) is 0 Å². The molecule has 2 aromatic heterocycles. The Labute approximate surface area is 105 Å². The average Bonchev–Trinajstić information content (AvgIpc) is 2.38. The molecule has 0 saturated carbocycles. The van der Waals surface area contributed by atoms with Crippen LogP contribution in [0.1, 0.15) is 24.3 Å². The molecule has 2 heterocycles. The zero-order chi connectivity index (χ0) is 13.1. The summed E-state index contributed by atoms with van der Waals surface area (Å²) in [5.74, 6) is 0.920. The SMILES string of the molecule is COc1ccc(-c2ncc([C@H](C)O)c(C)n2)nn1. The van der Waals surface area contributed by atoms with Crippen molar-refractivity contribution in [1.82, 2.24) is 20.2 Å². The number of ether oxygens (including phenoxy) is 1. The van der Waals surface area contributed by atoms with E-state index in [0.29, 0.717) is 23.0 Å². The first kappa shape index (κ1) is 12.4. The minimum Gasteiger partial charge on any atom is -0.480 e. The molecule has 1 N–H and O–H groups in total. The third-order valence-corrected chi connectivity index (χ3v) is 2.55. The van der Waals surface area contributed by atoms with Gasteiger partial charge >= 0.3 is 0 Å². The Bertz CT molecular complexity index is 540. The maximum atomic E-state index is 9.51. The number of aromatic nitrogens is 4. The van der Waals surface area contributed by atoms with Gasteiger partial charge in [0.2, 0.25) is 5.88 Å². The van der Waals surface area contributed by atoms with Gasteiger partial charge in [0.15, 0.2) is 5.82 Å². The molecule has 0 unspecified atom stereocenters. The maximum Gasteiger partial charge on any atom is 0.233 e. The van der Waals surface area contributed by atoms with Gasteiger partial charge in [-0.1, -0.05) is 0 Å². The summed E-state index contributed by atoms with van der Waals surface area (Å²) in [6.07, 6.45) is 1.02. The van der Waals surface area contributed by atoms with Crippen molar-refractivity contribution in [2.24, 2.45) is 0 Å². The lowest BCUT2D eigenvalue weighted by Gasteiger charge is -2.08. The fourth-order valence-electron chi connectivity index (χ4n) is 1.56. The molecule has 0 aliphatic carbocycles. The second kappa shape index (κ2) is 5.05. The van der Waals surface area contributed by atoms with Crippen LogP contribution in [-0.2, 0) is 0 Å². The average molecular weight is 246 g/mol. The molecule has 0 aliphatic rings. The van der Waals surface area contributed by atoms with Gasteiger partial charge in [0.25, 0.3) is 0 Å². The number of nitrogens with zero attached hydrogens (tertiary/aromatic N) is 4. The van der Waals surface area contributed by atoms with Crippen molar-refractivity contribution in [3.63, 3.8) is 0 Å². The highest BCUT2D eigenvalue weighted by Crippen LogP contribution is 2.18. The number of hydrogen-bond acceptors (Lipinski definition) is 6. The summed E-state index contributed by atoms with van der Waals surface area (Å²) in [4.78, 5) is 8.48. The Morgan fingerprint density at radius 3 is 2.56 bits per heavy atom. The van der Waals surface area contributed by atoms with E-state index in [1.54, 1.807) is 25.3 Å². The highest BCUT2D eigenvalue weighted by Gasteiger charge is 2.10. The predicted octanol–water partition coefficient (Wildman–Crippen LogP) is 1.30. The Balaban J connectivity index is 2.36. The molecular weight excluding hydrogens is 232 g/mol. The fourth-order valence-corrected chi connectivity index (χ4v) is 1.56. The van der Waals surface area contributed by atoms with Crippen molar-refractivity contribution in [2.45, 2.75) is 20.0 Å². The van der Waals surface area contributed by atoms with Crippen molar-refractivity contribution in [2.75, 3.05) is 7.11 Å². The van der Waals surface area contributed by atoms with Crippen molar-refractivity contribution >= 4 is 0 Å². The molecule has 0 amide bonds. The number of hydrogen-bond donors (Lipinski definition) is 1. The van der Waals surface area contributed by atoms with Crippen LogP contribution in [0.5, 0.6) is 5.88 Å². The number of rotatable bonds is 3. The summed E-state index contributed by atoms with van der Waals surface area (Å²) in [6.45, 7) is 3.50. The standard InChI is InChI=1S/C12H14N4O2/c1-7-9(8(2)17)6-13-12(14-7)10-4-5-11(18-3)16-15-10/h4-6,8,17H,1-3H3/t8-/m0/s1. The van der Waals surface area contributed by atoms with Crippen LogP contribution < -0.4 is 4.74 Å². The van der Waals surface area contributed by atoms with Crippen LogP contribution in [0, 0.1) is 6.92 Å². The molecule has 0 bridgehead atoms. The second-order valence-electron chi connectivity index (χ2n) is 3.87. The summed E-state index contributed by atoms with van der Waals surface area (Å²) in [5.41, 5.74) is 2.00. The van der Waals surface area contributed by atoms with E-state index < -0.39 is 6.10 Å². The Kier molecular flexibility index (Phi) is 3.47. The topological polar surface area (TPSA) is 81.0 Å². The maximum absolute atomic E-state index is 9.51. The van der Waals surface area contributed by atoms with Crippen LogP contribution in [0.15, 0.2) is 18.3 Å². The van der Waals surface area contributed by atoms with Gasteiger partial charge in [-0.2, -0.15) is 0 Å². The summed E-state index contributed by atoms with van der Waals surface area (Å²) < 4.78 is 4.93. The summed E-state index contributed by atoms with van der Waals surface area (Å²) in [6, 6.07) is 3.44. The molecule has 0 fully saturated rings. The van der Waals surface area contributed by atoms with Gasteiger partial charge in [0, 0.05) is 23.5 Å². The van der Waals surface area contributed by atoms with Gasteiger partial charge in [0.1, 0.15) is 5.69 Å². The van der Waals surface area contributed by atoms with E-state index >= 15 is 0 Å². The molecule has 0 aromatic carbocycles. The first-order chi connectivity index (χ1) is 8.61. The van der Waals surface area contributed by atoms with Crippen LogP contribution >= 0.6 is 0 Å². The van der Waals surface area contributed by atoms with Gasteiger partial charge < -0.3 is 9.84 Å². The predicted molar refractivity (Wildman–Crippen MR) is 65.0 cm³/mol. The third-order valence-electron chi connectivity index (χ3n) is 2.55. The van der Waals surface area contributed by atoms with Crippen molar-refractivity contribution in [3.8, 4) is 17.4 Å². The largest absolute Gasteiger partial charge is 0.480 e. The monoisotopic (exact) mass is 246 g/mol. The van der Waals surface area contributed by atoms with Gasteiger partial charge in [0.05, 0.1) is 13.2 Å². The Hall–Kier alpha value is -2.08. The van der Waals surface area contributed by atoms with E-state index in [9.17, 15) is 5.11 Å². The Morgan fingerprint density at radius 2 is 2.06 bits per heavy atom. The lowest BCUT2D eigenvalue weighted by Crippen LogP contribution is -2.02. The highest BCUT2D eigenvalue weighted by molar-refractivity contribution is 5.48. The van der Waals surface area contributed by atoms with Crippen LogP contribution in [0.2, 0.25) is 0 Å². The molecule has 0 aliphatic heterocycles. The lowest BCUT2D eigenvalue weighted by atomic mass is 10.1. The van der Waals surface area contributed by atoms with E-state index in [1.165, 1.54) is 7.11 Å². The molecule has 0 spiro atoms. The van der Waals surface area contributed by atoms with E-state index in [-0.39, 0.29) is 0 Å². The zero-order valence-corrected chi connectivity index (χ0v) is 10.5. The van der Waals surface area contributed by atoms with E-state index in [4.69, 9.17) is 4.74 Å². The smallest absolute Gasteiger partial charge is 0.233 e. The fraction of sp³-hybridized carbons (Fsp3) is 0.333. The van der Waals surface area contributed by atoms with E-state index in [2.05, 4.69) is 20.2 Å². The van der Waals surface area contributed by atoms with Crippen molar-refractivity contribution in [3.05, 3.63) is 29.6 Å². The second-order valence-corrected chi connectivity index (χ2v) is 3.87. The minimum atomic E-state index is -0.582. The summed E-state index contributed by atoms with van der Waals surface area (Å²) in [7, 11) is 1.53. The number of methoxy groups -OCH3 is 1. The zero-order valence-electron chi connectivity index (χ0n) is 10.5. The first-order valence-corrected chi connectivity index (χ1v) is 5.51. The molecule has 2 aromatic rings. The van der Waals surface area contributed by atoms with E-state index in [0.717, 1.165) is 5.69 Å². The van der Waals surface area contributed by atoms with Gasteiger partial charge in [-0.15, -0.1) is 10.2 Å². The van der Waals surface area contributed by atoms with Crippen LogP contribution in [0.25, 0.3) is 11.5 Å². The molecule has 6 nitrogen and oxygen atoms in total. The van der Waals surface area contributed by atoms with Crippen LogP contribution in [-0.4, -0.2) is 32.4 Å². The highest BCUT2D eigenvalue weighted by atomic mass is 16.5. The molecule has 94 valence electrons. The van der Waals surface area contributed by atoms with E-state index in [1.807, 2.05) is 6.92 Å². The third kappa shape index (κ3) is 2.43. The normalized spacial score (nSPS) is 12.2. The summed E-state index contributed by atoms with van der Waals surface area (Å²) >= 11 is 0. The molecule has 1 atom stereocenters. The first-order valence-electron chi connectivity index (χ1n) is 5.51. The van der Waals surface area contributed by atoms with Crippen LogP contribution in [0.4, 0.5) is 0 Å². The molecule has 18 heavy (non-hydrogen) atoms. The lowest BCUT2D eigenvalue weighted by molar-refractivity contribution is 0.197. The quantitative estimate of drug-likeness (QED) is 0.879. The number of aliphatic hydroxyl groups is 1. The van der Waals surface area contributed by atoms with Crippen LogP contribution in [0.3, 0.4) is 0 Å². The molecular formula is C12H14N4O2. The minimum absolute atomic E-state index is 0.441. The number of aliphatic hydroxyl groups excluding tert-OH is 1. The van der Waals surface area contributed by atoms with Crippen molar-refractivity contribution < 1.29 is 9.84 Å². The van der Waals surface area contributed by atoms with Crippen molar-refractivity contribution in [1.29, 1.82) is 0 Å². The summed E-state index contributed by atoms with van der Waals surface area (Å²) in [5, 5.41) is 17.3. The molecule has 0 radical (unpaired) electrons. The van der Waals surface area contributed by atoms with Gasteiger partial charge in [-0.05, 0) is 19.9 Å². The number of aryl methyl sites for hydroxylation is 1. The Morgan fingerprint density at radius 1 is 1.28 bits per heavy atom. The molecule has 6 heteroatoms. The van der Waals surface area contributed by atoms with Gasteiger partial charge in [-0.25, -0.2) is 9.97 Å². The molecule has 2 rings (SSSR count).